The summed E-state index contributed by atoms with van der Waals surface area (Å²) < 4.78 is 37.4. The minimum absolute atomic E-state index is 0.110. The predicted octanol–water partition coefficient (Wildman–Crippen LogP) is 2.58. The molecule has 0 aliphatic carbocycles. The first kappa shape index (κ1) is 18.7. The van der Waals surface area contributed by atoms with E-state index in [9.17, 15) is 8.42 Å². The summed E-state index contributed by atoms with van der Waals surface area (Å²) in [5.41, 5.74) is 0.837. The third-order valence-electron chi connectivity index (χ3n) is 3.41. The second-order valence-electron chi connectivity index (χ2n) is 4.98. The molecule has 0 fully saturated rings. The Balaban J connectivity index is 2.34. The summed E-state index contributed by atoms with van der Waals surface area (Å²) in [6.45, 7) is 0.733. The fourth-order valence-corrected chi connectivity index (χ4v) is 3.89. The van der Waals surface area contributed by atoms with Gasteiger partial charge in [-0.2, -0.15) is 4.31 Å². The van der Waals surface area contributed by atoms with Crippen molar-refractivity contribution in [3.05, 3.63) is 53.3 Å². The van der Waals surface area contributed by atoms with E-state index in [0.29, 0.717) is 5.75 Å². The van der Waals surface area contributed by atoms with Crippen molar-refractivity contribution in [2.24, 2.45) is 0 Å². The molecule has 0 radical (unpaired) electrons. The van der Waals surface area contributed by atoms with Crippen LogP contribution in [0.1, 0.15) is 5.56 Å². The Bertz CT molecular complexity index is 769. The van der Waals surface area contributed by atoms with E-state index in [1.807, 2.05) is 0 Å². The fraction of sp³-hybridized carbons (Fsp3) is 0.312. The van der Waals surface area contributed by atoms with Gasteiger partial charge >= 0.3 is 0 Å². The van der Waals surface area contributed by atoms with Crippen LogP contribution in [-0.2, 0) is 21.3 Å². The summed E-state index contributed by atoms with van der Waals surface area (Å²) in [5.74, 6) is 0.424. The van der Waals surface area contributed by atoms with E-state index in [2.05, 4.69) is 4.98 Å². The summed E-state index contributed by atoms with van der Waals surface area (Å²) >= 11 is 6.06. The topological polar surface area (TPSA) is 68.7 Å². The Morgan fingerprint density at radius 3 is 2.46 bits per heavy atom. The molecule has 2 aromatic rings. The van der Waals surface area contributed by atoms with Crippen LogP contribution in [0, 0.1) is 0 Å². The molecule has 0 spiro atoms. The Labute approximate surface area is 147 Å². The van der Waals surface area contributed by atoms with Gasteiger partial charge < -0.3 is 9.47 Å². The maximum atomic E-state index is 12.9. The minimum atomic E-state index is -3.73. The van der Waals surface area contributed by atoms with E-state index in [0.717, 1.165) is 5.56 Å². The van der Waals surface area contributed by atoms with Crippen molar-refractivity contribution in [2.75, 3.05) is 27.4 Å². The lowest BCUT2D eigenvalue weighted by atomic mass is 10.3. The first-order valence-electron chi connectivity index (χ1n) is 7.20. The number of sulfonamides is 1. The van der Waals surface area contributed by atoms with Crippen LogP contribution in [0.25, 0.3) is 0 Å². The van der Waals surface area contributed by atoms with Crippen molar-refractivity contribution in [1.29, 1.82) is 0 Å². The quantitative estimate of drug-likeness (QED) is 0.714. The van der Waals surface area contributed by atoms with Crippen LogP contribution in [0.4, 0.5) is 0 Å². The molecule has 1 aromatic heterocycles. The van der Waals surface area contributed by atoms with Gasteiger partial charge in [0.05, 0.1) is 23.6 Å². The highest BCUT2D eigenvalue weighted by molar-refractivity contribution is 7.89. The molecular formula is C16H19ClN2O4S. The van der Waals surface area contributed by atoms with Gasteiger partial charge in [-0.3, -0.25) is 4.98 Å². The van der Waals surface area contributed by atoms with Gasteiger partial charge in [0.2, 0.25) is 10.0 Å². The van der Waals surface area contributed by atoms with Crippen molar-refractivity contribution in [3.63, 3.8) is 0 Å². The summed E-state index contributed by atoms with van der Waals surface area (Å²) in [6.07, 6.45) is 3.25. The lowest BCUT2D eigenvalue weighted by molar-refractivity contribution is 0.177. The standard InChI is InChI=1S/C16H19ClN2O4S/c1-22-10-9-19(12-13-5-7-18-8-6-13)24(20,21)14-3-4-16(23-2)15(17)11-14/h3-8,11H,9-10,12H2,1-2H3. The van der Waals surface area contributed by atoms with Crippen LogP contribution in [-0.4, -0.2) is 45.1 Å². The normalized spacial score (nSPS) is 11.7. The highest BCUT2D eigenvalue weighted by atomic mass is 35.5. The molecule has 1 heterocycles. The smallest absolute Gasteiger partial charge is 0.243 e. The maximum Gasteiger partial charge on any atom is 0.243 e. The SMILES string of the molecule is COCCN(Cc1ccncc1)S(=O)(=O)c1ccc(OC)c(Cl)c1. The first-order valence-corrected chi connectivity index (χ1v) is 9.02. The zero-order chi connectivity index (χ0) is 17.6. The average molecular weight is 371 g/mol. The van der Waals surface area contributed by atoms with Crippen LogP contribution in [0.5, 0.6) is 5.75 Å². The largest absolute Gasteiger partial charge is 0.495 e. The lowest BCUT2D eigenvalue weighted by Crippen LogP contribution is -2.33. The molecule has 0 amide bonds. The van der Waals surface area contributed by atoms with Gasteiger partial charge in [0.15, 0.2) is 0 Å². The number of methoxy groups -OCH3 is 2. The summed E-state index contributed by atoms with van der Waals surface area (Å²) in [7, 11) is -0.721. The number of nitrogens with zero attached hydrogens (tertiary/aromatic N) is 2. The summed E-state index contributed by atoms with van der Waals surface area (Å²) in [4.78, 5) is 4.05. The monoisotopic (exact) mass is 370 g/mol. The Morgan fingerprint density at radius 2 is 1.88 bits per heavy atom. The number of rotatable bonds is 8. The van der Waals surface area contributed by atoms with Crippen LogP contribution >= 0.6 is 11.6 Å². The van der Waals surface area contributed by atoms with Gasteiger partial charge in [0.1, 0.15) is 5.75 Å². The number of ether oxygens (including phenoxy) is 2. The zero-order valence-corrected chi connectivity index (χ0v) is 15.0. The molecule has 0 atom stereocenters. The number of halogens is 1. The van der Waals surface area contributed by atoms with Crippen LogP contribution in [0.2, 0.25) is 5.02 Å². The van der Waals surface area contributed by atoms with Crippen LogP contribution < -0.4 is 4.74 Å². The summed E-state index contributed by atoms with van der Waals surface area (Å²) in [5, 5.41) is 0.245. The highest BCUT2D eigenvalue weighted by Crippen LogP contribution is 2.28. The van der Waals surface area contributed by atoms with Crippen LogP contribution in [0.3, 0.4) is 0 Å². The second kappa shape index (κ2) is 8.43. The molecular weight excluding hydrogens is 352 g/mol. The van der Waals surface area contributed by atoms with Crippen molar-refractivity contribution in [2.45, 2.75) is 11.4 Å². The molecule has 6 nitrogen and oxygen atoms in total. The molecule has 0 saturated carbocycles. The van der Waals surface area contributed by atoms with Crippen molar-refractivity contribution in [1.82, 2.24) is 9.29 Å². The van der Waals surface area contributed by atoms with Crippen LogP contribution in [0.15, 0.2) is 47.6 Å². The molecule has 0 bridgehead atoms. The molecule has 24 heavy (non-hydrogen) atoms. The van der Waals surface area contributed by atoms with Crippen molar-refractivity contribution >= 4 is 21.6 Å². The molecule has 0 aliphatic heterocycles. The first-order chi connectivity index (χ1) is 11.5. The number of hydrogen-bond donors (Lipinski definition) is 0. The molecule has 0 aliphatic rings. The molecule has 0 unspecified atom stereocenters. The van der Waals surface area contributed by atoms with Gasteiger partial charge in [0, 0.05) is 32.6 Å². The van der Waals surface area contributed by atoms with Gasteiger partial charge in [-0.15, -0.1) is 0 Å². The molecule has 2 rings (SSSR count). The minimum Gasteiger partial charge on any atom is -0.495 e. The number of aromatic nitrogens is 1. The Hall–Kier alpha value is -1.67. The Kier molecular flexibility index (Phi) is 6.56. The molecule has 1 aromatic carbocycles. The number of benzene rings is 1. The third kappa shape index (κ3) is 4.45. The highest BCUT2D eigenvalue weighted by Gasteiger charge is 2.25. The van der Waals surface area contributed by atoms with E-state index in [1.54, 1.807) is 24.5 Å². The number of hydrogen-bond acceptors (Lipinski definition) is 5. The maximum absolute atomic E-state index is 12.9. The predicted molar refractivity (Wildman–Crippen MR) is 91.7 cm³/mol. The van der Waals surface area contributed by atoms with E-state index in [-0.39, 0.29) is 29.6 Å². The zero-order valence-electron chi connectivity index (χ0n) is 13.5. The van der Waals surface area contributed by atoms with E-state index < -0.39 is 10.0 Å². The fourth-order valence-electron chi connectivity index (χ4n) is 2.13. The van der Waals surface area contributed by atoms with E-state index >= 15 is 0 Å². The Morgan fingerprint density at radius 1 is 1.17 bits per heavy atom. The third-order valence-corrected chi connectivity index (χ3v) is 5.55. The summed E-state index contributed by atoms with van der Waals surface area (Å²) in [6, 6.07) is 7.96. The van der Waals surface area contributed by atoms with E-state index in [4.69, 9.17) is 21.1 Å². The van der Waals surface area contributed by atoms with Crippen molar-refractivity contribution < 1.29 is 17.9 Å². The second-order valence-corrected chi connectivity index (χ2v) is 7.33. The molecule has 0 N–H and O–H groups in total. The van der Waals surface area contributed by atoms with Crippen molar-refractivity contribution in [3.8, 4) is 5.75 Å². The van der Waals surface area contributed by atoms with Gasteiger partial charge in [0.25, 0.3) is 0 Å². The van der Waals surface area contributed by atoms with Gasteiger partial charge in [-0.25, -0.2) is 8.42 Å². The number of pyridine rings is 1. The van der Waals surface area contributed by atoms with Gasteiger partial charge in [-0.05, 0) is 35.9 Å². The lowest BCUT2D eigenvalue weighted by Gasteiger charge is -2.22. The molecule has 8 heteroatoms. The molecule has 130 valence electrons. The molecule has 0 saturated heterocycles. The van der Waals surface area contributed by atoms with E-state index in [1.165, 1.54) is 36.7 Å². The van der Waals surface area contributed by atoms with Gasteiger partial charge in [-0.1, -0.05) is 11.6 Å². The average Bonchev–Trinajstić information content (AvgIpc) is 2.59.